The summed E-state index contributed by atoms with van der Waals surface area (Å²) in [5.41, 5.74) is 6.23. The second kappa shape index (κ2) is 4.10. The Morgan fingerprint density at radius 1 is 1.05 bits per heavy atom. The molecular formula is C17H17N3. The summed E-state index contributed by atoms with van der Waals surface area (Å²) in [5.74, 6) is 1.02. The van der Waals surface area contributed by atoms with E-state index in [1.165, 1.54) is 38.5 Å². The van der Waals surface area contributed by atoms with Crippen LogP contribution in [-0.2, 0) is 0 Å². The van der Waals surface area contributed by atoms with E-state index in [1.54, 1.807) is 0 Å². The van der Waals surface area contributed by atoms with Gasteiger partial charge in [0.25, 0.3) is 0 Å². The molecule has 0 unspecified atom stereocenters. The number of amidine groups is 1. The number of nitrogens with zero attached hydrogens (tertiary/aromatic N) is 1. The van der Waals surface area contributed by atoms with Gasteiger partial charge in [0, 0.05) is 33.9 Å². The number of fused-ring (bicyclic) bond motifs is 3. The highest BCUT2D eigenvalue weighted by Crippen LogP contribution is 2.31. The van der Waals surface area contributed by atoms with E-state index in [-0.39, 0.29) is 0 Å². The number of H-pyrrole nitrogens is 1. The van der Waals surface area contributed by atoms with Gasteiger partial charge in [0.1, 0.15) is 5.84 Å². The summed E-state index contributed by atoms with van der Waals surface area (Å²) < 4.78 is 0. The average molecular weight is 263 g/mol. The molecule has 0 atom stereocenters. The molecule has 0 bridgehead atoms. The Kier molecular flexibility index (Phi) is 2.36. The Balaban J connectivity index is 2.06. The van der Waals surface area contributed by atoms with Gasteiger partial charge in [0.2, 0.25) is 0 Å². The molecule has 2 N–H and O–H groups in total. The number of rotatable bonds is 1. The van der Waals surface area contributed by atoms with Crippen LogP contribution in [0.1, 0.15) is 16.7 Å². The van der Waals surface area contributed by atoms with Crippen molar-refractivity contribution in [3.63, 3.8) is 0 Å². The van der Waals surface area contributed by atoms with Crippen LogP contribution in [0.4, 0.5) is 0 Å². The quantitative estimate of drug-likeness (QED) is 0.695. The molecule has 0 fully saturated rings. The van der Waals surface area contributed by atoms with Crippen LogP contribution in [0.2, 0.25) is 0 Å². The number of hydrogen-bond acceptors (Lipinski definition) is 2. The van der Waals surface area contributed by atoms with Crippen molar-refractivity contribution >= 4 is 27.6 Å². The molecule has 0 amide bonds. The summed E-state index contributed by atoms with van der Waals surface area (Å²) in [5, 5.41) is 5.96. The molecule has 0 saturated heterocycles. The minimum atomic E-state index is 0.874. The highest BCUT2D eigenvalue weighted by atomic mass is 15.1. The van der Waals surface area contributed by atoms with Gasteiger partial charge in [-0.1, -0.05) is 12.1 Å². The topological polar surface area (TPSA) is 40.2 Å². The fraction of sp³-hybridized carbons (Fsp3) is 0.235. The maximum atomic E-state index is 4.51. The molecule has 0 saturated carbocycles. The van der Waals surface area contributed by atoms with Crippen LogP contribution in [0.5, 0.6) is 0 Å². The minimum absolute atomic E-state index is 0.874. The van der Waals surface area contributed by atoms with Crippen molar-refractivity contribution in [2.45, 2.75) is 13.8 Å². The van der Waals surface area contributed by atoms with E-state index in [9.17, 15) is 0 Å². The van der Waals surface area contributed by atoms with Crippen LogP contribution in [0.25, 0.3) is 21.8 Å². The van der Waals surface area contributed by atoms with Crippen LogP contribution in [0, 0.1) is 13.8 Å². The summed E-state index contributed by atoms with van der Waals surface area (Å²) in [6.45, 7) is 6.15. The number of benzene rings is 2. The molecule has 1 aliphatic rings. The highest BCUT2D eigenvalue weighted by Gasteiger charge is 2.12. The predicted molar refractivity (Wildman–Crippen MR) is 84.7 cm³/mol. The van der Waals surface area contributed by atoms with Crippen molar-refractivity contribution in [1.29, 1.82) is 0 Å². The van der Waals surface area contributed by atoms with E-state index < -0.39 is 0 Å². The first-order chi connectivity index (χ1) is 9.74. The molecule has 100 valence electrons. The Bertz CT molecular complexity index is 855. The van der Waals surface area contributed by atoms with Crippen LogP contribution in [0.3, 0.4) is 0 Å². The zero-order chi connectivity index (χ0) is 13.7. The van der Waals surface area contributed by atoms with Gasteiger partial charge in [-0.15, -0.1) is 0 Å². The molecule has 4 rings (SSSR count). The molecular weight excluding hydrogens is 246 g/mol. The third kappa shape index (κ3) is 1.56. The normalized spacial score (nSPS) is 14.8. The summed E-state index contributed by atoms with van der Waals surface area (Å²) in [6, 6.07) is 10.9. The number of hydrogen-bond donors (Lipinski definition) is 2. The van der Waals surface area contributed by atoms with E-state index in [1.807, 2.05) is 0 Å². The first-order valence-electron chi connectivity index (χ1n) is 7.04. The van der Waals surface area contributed by atoms with Gasteiger partial charge in [0.05, 0.1) is 6.54 Å². The van der Waals surface area contributed by atoms with E-state index in [0.717, 1.165) is 18.9 Å². The summed E-state index contributed by atoms with van der Waals surface area (Å²) in [6.07, 6.45) is 0. The highest BCUT2D eigenvalue weighted by molar-refractivity contribution is 6.12. The third-order valence-corrected chi connectivity index (χ3v) is 4.12. The zero-order valence-corrected chi connectivity index (χ0v) is 11.7. The predicted octanol–water partition coefficient (Wildman–Crippen LogP) is 3.29. The first kappa shape index (κ1) is 11.5. The van der Waals surface area contributed by atoms with Gasteiger partial charge in [-0.05, 0) is 43.2 Å². The van der Waals surface area contributed by atoms with Crippen LogP contribution >= 0.6 is 0 Å². The summed E-state index contributed by atoms with van der Waals surface area (Å²) in [7, 11) is 0. The van der Waals surface area contributed by atoms with E-state index in [2.05, 4.69) is 59.5 Å². The van der Waals surface area contributed by atoms with Crippen LogP contribution in [0.15, 0.2) is 35.3 Å². The monoisotopic (exact) mass is 263 g/mol. The van der Waals surface area contributed by atoms with Crippen LogP contribution in [-0.4, -0.2) is 23.9 Å². The smallest absolute Gasteiger partial charge is 0.128 e. The maximum absolute atomic E-state index is 4.51. The Hall–Kier alpha value is -2.29. The zero-order valence-electron chi connectivity index (χ0n) is 11.7. The van der Waals surface area contributed by atoms with Gasteiger partial charge >= 0.3 is 0 Å². The summed E-state index contributed by atoms with van der Waals surface area (Å²) in [4.78, 5) is 8.06. The van der Waals surface area contributed by atoms with E-state index in [0.29, 0.717) is 0 Å². The number of aromatic amines is 1. The number of aryl methyl sites for hydroxylation is 2. The van der Waals surface area contributed by atoms with Gasteiger partial charge in [-0.2, -0.15) is 0 Å². The standard InChI is InChI=1S/C17H17N3/c1-10-3-4-11(2)16-15(10)13-9-12(5-6-14(13)20-16)17-18-7-8-19-17/h3-6,9,20H,7-8H2,1-2H3,(H,18,19). The lowest BCUT2D eigenvalue weighted by Crippen LogP contribution is -2.19. The van der Waals surface area contributed by atoms with E-state index >= 15 is 0 Å². The second-order valence-electron chi connectivity index (χ2n) is 5.49. The molecule has 20 heavy (non-hydrogen) atoms. The minimum Gasteiger partial charge on any atom is -0.368 e. The molecule has 3 aromatic rings. The van der Waals surface area contributed by atoms with Crippen molar-refractivity contribution in [2.24, 2.45) is 4.99 Å². The van der Waals surface area contributed by atoms with Gasteiger partial charge in [-0.25, -0.2) is 0 Å². The lowest BCUT2D eigenvalue weighted by Gasteiger charge is -2.03. The number of aromatic nitrogens is 1. The van der Waals surface area contributed by atoms with E-state index in [4.69, 9.17) is 0 Å². The molecule has 0 aliphatic carbocycles. The molecule has 2 aromatic carbocycles. The molecule has 3 nitrogen and oxygen atoms in total. The van der Waals surface area contributed by atoms with Crippen molar-refractivity contribution in [1.82, 2.24) is 10.3 Å². The van der Waals surface area contributed by atoms with Crippen molar-refractivity contribution in [2.75, 3.05) is 13.1 Å². The lowest BCUT2D eigenvalue weighted by molar-refractivity contribution is 0.960. The fourth-order valence-corrected chi connectivity index (χ4v) is 3.05. The maximum Gasteiger partial charge on any atom is 0.128 e. The first-order valence-corrected chi connectivity index (χ1v) is 7.04. The van der Waals surface area contributed by atoms with Crippen molar-refractivity contribution < 1.29 is 0 Å². The fourth-order valence-electron chi connectivity index (χ4n) is 3.05. The summed E-state index contributed by atoms with van der Waals surface area (Å²) >= 11 is 0. The Labute approximate surface area is 117 Å². The van der Waals surface area contributed by atoms with Crippen LogP contribution < -0.4 is 5.32 Å². The van der Waals surface area contributed by atoms with Gasteiger partial charge < -0.3 is 10.3 Å². The molecule has 0 radical (unpaired) electrons. The second-order valence-corrected chi connectivity index (χ2v) is 5.49. The molecule has 1 aromatic heterocycles. The third-order valence-electron chi connectivity index (χ3n) is 4.12. The molecule has 2 heterocycles. The molecule has 0 spiro atoms. The lowest BCUT2D eigenvalue weighted by atomic mass is 10.0. The Morgan fingerprint density at radius 3 is 2.70 bits per heavy atom. The number of aliphatic imine (C=N–C) groups is 1. The van der Waals surface area contributed by atoms with Crippen molar-refractivity contribution in [3.8, 4) is 0 Å². The van der Waals surface area contributed by atoms with Crippen molar-refractivity contribution in [3.05, 3.63) is 47.0 Å². The Morgan fingerprint density at radius 2 is 1.90 bits per heavy atom. The van der Waals surface area contributed by atoms with Gasteiger partial charge in [-0.3, -0.25) is 4.99 Å². The molecule has 1 aliphatic heterocycles. The largest absolute Gasteiger partial charge is 0.368 e. The van der Waals surface area contributed by atoms with Gasteiger partial charge in [0.15, 0.2) is 0 Å². The number of nitrogens with one attached hydrogen (secondary N) is 2. The molecule has 3 heteroatoms. The SMILES string of the molecule is Cc1ccc(C)c2c1[nH]c1ccc(C3=NCCN3)cc12. The average Bonchev–Trinajstić information content (AvgIpc) is 3.09.